The lowest BCUT2D eigenvalue weighted by Crippen LogP contribution is -2.42. The van der Waals surface area contributed by atoms with Crippen LogP contribution in [0.4, 0.5) is 0 Å². The highest BCUT2D eigenvalue weighted by Crippen LogP contribution is 2.64. The van der Waals surface area contributed by atoms with Crippen LogP contribution in [0.3, 0.4) is 0 Å². The van der Waals surface area contributed by atoms with Gasteiger partial charge in [-0.2, -0.15) is 0 Å². The van der Waals surface area contributed by atoms with Crippen molar-refractivity contribution in [3.8, 4) is 0 Å². The second-order valence-corrected chi connectivity index (χ2v) is 9.31. The van der Waals surface area contributed by atoms with E-state index in [-0.39, 0.29) is 5.78 Å². The summed E-state index contributed by atoms with van der Waals surface area (Å²) in [6.07, 6.45) is 0. The number of carbonyl (C=O) groups is 1. The Balaban J connectivity index is 1.63. The molecule has 1 aliphatic carbocycles. The van der Waals surface area contributed by atoms with Gasteiger partial charge in [0.05, 0.1) is 0 Å². The molecule has 5 aromatic carbocycles. The molecule has 1 N–H and O–H groups in total. The van der Waals surface area contributed by atoms with Crippen molar-refractivity contribution in [1.82, 2.24) is 0 Å². The average molecular weight is 467 g/mol. The Labute approximate surface area is 208 Å². The van der Waals surface area contributed by atoms with E-state index in [4.69, 9.17) is 4.74 Å². The van der Waals surface area contributed by atoms with E-state index in [9.17, 15) is 9.90 Å². The third kappa shape index (κ3) is 2.67. The van der Waals surface area contributed by atoms with Crippen LogP contribution in [0.5, 0.6) is 0 Å². The molecule has 2 aliphatic rings. The lowest BCUT2D eigenvalue weighted by Gasteiger charge is -2.36. The van der Waals surface area contributed by atoms with E-state index in [1.54, 1.807) is 12.1 Å². The fourth-order valence-electron chi connectivity index (χ4n) is 5.90. The van der Waals surface area contributed by atoms with Crippen LogP contribution >= 0.6 is 0 Å². The molecule has 5 aromatic rings. The second-order valence-electron chi connectivity index (χ2n) is 9.31. The Morgan fingerprint density at radius 1 is 0.583 bits per heavy atom. The second kappa shape index (κ2) is 7.59. The first kappa shape index (κ1) is 21.0. The summed E-state index contributed by atoms with van der Waals surface area (Å²) in [4.78, 5) is 14.6. The van der Waals surface area contributed by atoms with E-state index in [0.717, 1.165) is 21.9 Å². The lowest BCUT2D eigenvalue weighted by molar-refractivity contribution is -0.196. The monoisotopic (exact) mass is 466 g/mol. The Hall–Kier alpha value is -4.31. The fourth-order valence-corrected chi connectivity index (χ4v) is 5.90. The predicted octanol–water partition coefficient (Wildman–Crippen LogP) is 6.72. The molecule has 7 rings (SSSR count). The Bertz CT molecular complexity index is 1670. The van der Waals surface area contributed by atoms with Gasteiger partial charge in [-0.05, 0) is 27.5 Å². The summed E-state index contributed by atoms with van der Waals surface area (Å²) >= 11 is 0. The molecule has 0 spiro atoms. The lowest BCUT2D eigenvalue weighted by atomic mass is 9.77. The zero-order chi connectivity index (χ0) is 24.3. The van der Waals surface area contributed by atoms with Gasteiger partial charge in [0.2, 0.25) is 11.6 Å². The van der Waals surface area contributed by atoms with E-state index < -0.39 is 11.4 Å². The first-order chi connectivity index (χ1) is 17.6. The van der Waals surface area contributed by atoms with Crippen LogP contribution in [0.15, 0.2) is 127 Å². The SMILES string of the molecule is O=C(c1ccccc1)C1(c2ccccc2)OC(O)(c2ccccc2)C2=C1c1cccc3cccc2c13. The standard InChI is InChI=1S/C33H22O3/c34-31(23-12-4-1-5-13-23)32(24-16-6-2-7-17-24)29-26-20-10-14-22-15-11-21-27(28(22)26)30(29)33(35,36-32)25-18-8-3-9-19-25/h1-21,35H. The van der Waals surface area contributed by atoms with Crippen LogP contribution in [0.25, 0.3) is 21.9 Å². The molecular weight excluding hydrogens is 444 g/mol. The number of ketones is 1. The van der Waals surface area contributed by atoms with Gasteiger partial charge in [-0.1, -0.05) is 127 Å². The fraction of sp³-hybridized carbons (Fsp3) is 0.0606. The Morgan fingerprint density at radius 2 is 1.11 bits per heavy atom. The zero-order valence-electron chi connectivity index (χ0n) is 19.4. The normalized spacial score (nSPS) is 22.1. The number of carbonyl (C=O) groups excluding carboxylic acids is 1. The molecule has 2 atom stereocenters. The van der Waals surface area contributed by atoms with Gasteiger partial charge < -0.3 is 9.84 Å². The minimum atomic E-state index is -1.83. The minimum absolute atomic E-state index is 0.210. The molecule has 1 aliphatic heterocycles. The van der Waals surface area contributed by atoms with Gasteiger partial charge >= 0.3 is 0 Å². The Morgan fingerprint density at radius 3 is 1.72 bits per heavy atom. The number of fused-ring (bicyclic) bond motifs is 2. The summed E-state index contributed by atoms with van der Waals surface area (Å²) in [6.45, 7) is 0. The van der Waals surface area contributed by atoms with Gasteiger partial charge in [0.15, 0.2) is 5.60 Å². The topological polar surface area (TPSA) is 46.5 Å². The van der Waals surface area contributed by atoms with E-state index in [1.165, 1.54) is 0 Å². The third-order valence-electron chi connectivity index (χ3n) is 7.39. The van der Waals surface area contributed by atoms with Gasteiger partial charge in [0, 0.05) is 22.3 Å². The zero-order valence-corrected chi connectivity index (χ0v) is 19.4. The molecule has 36 heavy (non-hydrogen) atoms. The van der Waals surface area contributed by atoms with Crippen molar-refractivity contribution in [3.05, 3.63) is 155 Å². The highest BCUT2D eigenvalue weighted by molar-refractivity contribution is 6.25. The molecule has 172 valence electrons. The van der Waals surface area contributed by atoms with Gasteiger partial charge in [0.1, 0.15) is 0 Å². The van der Waals surface area contributed by atoms with Crippen molar-refractivity contribution in [3.63, 3.8) is 0 Å². The molecule has 0 amide bonds. The Kier molecular flexibility index (Phi) is 4.43. The molecule has 0 radical (unpaired) electrons. The number of hydrogen-bond donors (Lipinski definition) is 1. The molecule has 3 heteroatoms. The molecule has 0 saturated heterocycles. The van der Waals surface area contributed by atoms with Gasteiger partial charge in [0.25, 0.3) is 0 Å². The summed E-state index contributed by atoms with van der Waals surface area (Å²) in [7, 11) is 0. The highest BCUT2D eigenvalue weighted by Gasteiger charge is 2.62. The number of ether oxygens (including phenoxy) is 1. The molecule has 3 nitrogen and oxygen atoms in total. The third-order valence-corrected chi connectivity index (χ3v) is 7.39. The van der Waals surface area contributed by atoms with Crippen LogP contribution in [0.1, 0.15) is 32.6 Å². The summed E-state index contributed by atoms with van der Waals surface area (Å²) in [6, 6.07) is 40.3. The van der Waals surface area contributed by atoms with Gasteiger partial charge in [-0.3, -0.25) is 4.79 Å². The largest absolute Gasteiger partial charge is 0.358 e. The summed E-state index contributed by atoms with van der Waals surface area (Å²) in [5.41, 5.74) is 3.39. The first-order valence-electron chi connectivity index (χ1n) is 12.1. The summed E-state index contributed by atoms with van der Waals surface area (Å²) < 4.78 is 6.81. The molecule has 0 bridgehead atoms. The molecule has 2 unspecified atom stereocenters. The first-order valence-corrected chi connectivity index (χ1v) is 12.1. The minimum Gasteiger partial charge on any atom is -0.358 e. The molecule has 0 fully saturated rings. The van der Waals surface area contributed by atoms with Crippen LogP contribution in [0, 0.1) is 0 Å². The smallest absolute Gasteiger partial charge is 0.222 e. The van der Waals surface area contributed by atoms with Crippen molar-refractivity contribution < 1.29 is 14.6 Å². The van der Waals surface area contributed by atoms with Gasteiger partial charge in [-0.15, -0.1) is 0 Å². The van der Waals surface area contributed by atoms with E-state index in [1.807, 2.05) is 103 Å². The van der Waals surface area contributed by atoms with Crippen molar-refractivity contribution in [2.24, 2.45) is 0 Å². The number of aliphatic hydroxyl groups is 1. The summed E-state index contributed by atoms with van der Waals surface area (Å²) in [5, 5.41) is 14.6. The number of benzene rings is 5. The number of Topliss-reactive ketones (excluding diaryl/α,β-unsaturated/α-hetero) is 1. The maximum absolute atomic E-state index is 14.6. The van der Waals surface area contributed by atoms with Crippen LogP contribution in [-0.2, 0) is 16.1 Å². The van der Waals surface area contributed by atoms with Crippen LogP contribution in [0.2, 0.25) is 0 Å². The van der Waals surface area contributed by atoms with Crippen molar-refractivity contribution in [1.29, 1.82) is 0 Å². The van der Waals surface area contributed by atoms with Crippen LogP contribution in [-0.4, -0.2) is 10.9 Å². The molecular formula is C33H22O3. The average Bonchev–Trinajstić information content (AvgIpc) is 3.44. The van der Waals surface area contributed by atoms with Crippen molar-refractivity contribution in [2.45, 2.75) is 11.4 Å². The summed E-state index contributed by atoms with van der Waals surface area (Å²) in [5.74, 6) is -2.04. The maximum Gasteiger partial charge on any atom is 0.222 e. The van der Waals surface area contributed by atoms with Crippen LogP contribution < -0.4 is 0 Å². The van der Waals surface area contributed by atoms with Gasteiger partial charge in [-0.25, -0.2) is 0 Å². The van der Waals surface area contributed by atoms with E-state index in [0.29, 0.717) is 27.8 Å². The van der Waals surface area contributed by atoms with E-state index in [2.05, 4.69) is 12.1 Å². The molecule has 0 aromatic heterocycles. The van der Waals surface area contributed by atoms with Crippen molar-refractivity contribution in [2.75, 3.05) is 0 Å². The molecule has 0 saturated carbocycles. The number of rotatable bonds is 4. The number of hydrogen-bond acceptors (Lipinski definition) is 3. The quantitative estimate of drug-likeness (QED) is 0.299. The van der Waals surface area contributed by atoms with E-state index >= 15 is 0 Å². The predicted molar refractivity (Wildman–Crippen MR) is 141 cm³/mol. The van der Waals surface area contributed by atoms with Crippen molar-refractivity contribution >= 4 is 27.7 Å². The highest BCUT2D eigenvalue weighted by atomic mass is 16.6. The maximum atomic E-state index is 14.6. The molecule has 1 heterocycles.